The molecule has 0 fully saturated rings. The zero-order chi connectivity index (χ0) is 16.7. The van der Waals surface area contributed by atoms with Crippen molar-refractivity contribution in [2.45, 2.75) is 6.54 Å². The molecule has 0 saturated carbocycles. The van der Waals surface area contributed by atoms with Gasteiger partial charge in [-0.1, -0.05) is 11.6 Å². The topological polar surface area (TPSA) is 25.2 Å². The van der Waals surface area contributed by atoms with Gasteiger partial charge in [-0.2, -0.15) is 0 Å². The molecule has 0 radical (unpaired) electrons. The van der Waals surface area contributed by atoms with Gasteiger partial charge < -0.3 is 9.73 Å². The monoisotopic (exact) mass is 343 g/mol. The molecule has 0 unspecified atom stereocenters. The van der Waals surface area contributed by atoms with Crippen LogP contribution in [-0.2, 0) is 6.54 Å². The standard InChI is InChI=1S/C19H12ClF2NO/c20-12-1-5-18-15(8-12)16-9-14(3-6-19(16)24-18)23-10-11-7-13(21)2-4-17(11)22/h1-9,23H,10H2. The molecule has 4 aromatic rings. The summed E-state index contributed by atoms with van der Waals surface area (Å²) in [6.45, 7) is 0.186. The van der Waals surface area contributed by atoms with Crippen LogP contribution in [0.1, 0.15) is 5.56 Å². The highest BCUT2D eigenvalue weighted by Crippen LogP contribution is 2.32. The van der Waals surface area contributed by atoms with Gasteiger partial charge in [-0.05, 0) is 54.6 Å². The summed E-state index contributed by atoms with van der Waals surface area (Å²) in [6.07, 6.45) is 0. The number of halogens is 3. The van der Waals surface area contributed by atoms with Crippen LogP contribution in [-0.4, -0.2) is 0 Å². The van der Waals surface area contributed by atoms with Gasteiger partial charge in [0.05, 0.1) is 0 Å². The lowest BCUT2D eigenvalue weighted by atomic mass is 10.1. The van der Waals surface area contributed by atoms with Crippen molar-refractivity contribution in [1.82, 2.24) is 0 Å². The lowest BCUT2D eigenvalue weighted by molar-refractivity contribution is 0.587. The maximum absolute atomic E-state index is 13.7. The van der Waals surface area contributed by atoms with Crippen molar-refractivity contribution in [2.75, 3.05) is 5.32 Å². The number of hydrogen-bond acceptors (Lipinski definition) is 2. The predicted octanol–water partition coefficient (Wildman–Crippen LogP) is 6.13. The molecule has 1 aromatic heterocycles. The van der Waals surface area contributed by atoms with E-state index in [1.165, 1.54) is 6.07 Å². The minimum absolute atomic E-state index is 0.186. The average molecular weight is 344 g/mol. The third-order valence-corrected chi connectivity index (χ3v) is 4.16. The first kappa shape index (κ1) is 15.0. The molecule has 4 rings (SSSR count). The quantitative estimate of drug-likeness (QED) is 0.484. The van der Waals surface area contributed by atoms with Gasteiger partial charge in [0.1, 0.15) is 22.8 Å². The van der Waals surface area contributed by atoms with Crippen molar-refractivity contribution < 1.29 is 13.2 Å². The highest BCUT2D eigenvalue weighted by molar-refractivity contribution is 6.31. The van der Waals surface area contributed by atoms with E-state index >= 15 is 0 Å². The Bertz CT molecular complexity index is 1060. The fourth-order valence-corrected chi connectivity index (χ4v) is 2.91. The van der Waals surface area contributed by atoms with Gasteiger partial charge in [0.25, 0.3) is 0 Å². The highest BCUT2D eigenvalue weighted by atomic mass is 35.5. The van der Waals surface area contributed by atoms with E-state index in [1.54, 1.807) is 6.07 Å². The Hall–Kier alpha value is -2.59. The fourth-order valence-electron chi connectivity index (χ4n) is 2.74. The second-order valence-corrected chi connectivity index (χ2v) is 5.98. The number of hydrogen-bond donors (Lipinski definition) is 1. The number of benzene rings is 3. The first-order valence-corrected chi connectivity index (χ1v) is 7.77. The molecule has 24 heavy (non-hydrogen) atoms. The van der Waals surface area contributed by atoms with Crippen LogP contribution in [0.2, 0.25) is 5.02 Å². The van der Waals surface area contributed by atoms with Crippen LogP contribution in [0.25, 0.3) is 21.9 Å². The Balaban J connectivity index is 1.68. The summed E-state index contributed by atoms with van der Waals surface area (Å²) in [5.41, 5.74) is 2.56. The molecule has 0 bridgehead atoms. The molecule has 0 spiro atoms. The lowest BCUT2D eigenvalue weighted by Crippen LogP contribution is -2.02. The van der Waals surface area contributed by atoms with Gasteiger partial charge in [0.15, 0.2) is 0 Å². The minimum atomic E-state index is -0.459. The maximum atomic E-state index is 13.7. The van der Waals surface area contributed by atoms with E-state index in [4.69, 9.17) is 16.0 Å². The summed E-state index contributed by atoms with van der Waals surface area (Å²) in [5.74, 6) is -0.898. The summed E-state index contributed by atoms with van der Waals surface area (Å²) in [5, 5.41) is 5.57. The molecule has 3 aromatic carbocycles. The summed E-state index contributed by atoms with van der Waals surface area (Å²) in [7, 11) is 0. The first-order chi connectivity index (χ1) is 11.6. The van der Waals surface area contributed by atoms with Crippen LogP contribution < -0.4 is 5.32 Å². The van der Waals surface area contributed by atoms with Crippen molar-refractivity contribution in [3.8, 4) is 0 Å². The molecule has 0 aliphatic rings. The highest BCUT2D eigenvalue weighted by Gasteiger charge is 2.09. The summed E-state index contributed by atoms with van der Waals surface area (Å²) in [4.78, 5) is 0. The third kappa shape index (κ3) is 2.69. The second kappa shape index (κ2) is 5.80. The zero-order valence-electron chi connectivity index (χ0n) is 12.4. The van der Waals surface area contributed by atoms with Crippen molar-refractivity contribution in [3.05, 3.63) is 76.8 Å². The molecular formula is C19H12ClF2NO. The number of nitrogens with one attached hydrogen (secondary N) is 1. The molecule has 0 saturated heterocycles. The molecule has 120 valence electrons. The molecule has 1 heterocycles. The molecule has 0 aliphatic heterocycles. The van der Waals surface area contributed by atoms with Gasteiger partial charge >= 0.3 is 0 Å². The van der Waals surface area contributed by atoms with E-state index in [0.29, 0.717) is 5.02 Å². The number of furan rings is 1. The lowest BCUT2D eigenvalue weighted by Gasteiger charge is -2.07. The average Bonchev–Trinajstić information content (AvgIpc) is 2.93. The van der Waals surface area contributed by atoms with Crippen LogP contribution >= 0.6 is 11.6 Å². The maximum Gasteiger partial charge on any atom is 0.135 e. The normalized spacial score (nSPS) is 11.3. The van der Waals surface area contributed by atoms with Crippen molar-refractivity contribution in [1.29, 1.82) is 0 Å². The Morgan fingerprint density at radius 3 is 2.46 bits per heavy atom. The first-order valence-electron chi connectivity index (χ1n) is 7.40. The number of fused-ring (bicyclic) bond motifs is 3. The predicted molar refractivity (Wildman–Crippen MR) is 92.4 cm³/mol. The molecule has 0 atom stereocenters. The Morgan fingerprint density at radius 1 is 0.875 bits per heavy atom. The van der Waals surface area contributed by atoms with Crippen LogP contribution in [0.15, 0.2) is 59.0 Å². The van der Waals surface area contributed by atoms with Gasteiger partial charge in [-0.15, -0.1) is 0 Å². The number of anilines is 1. The largest absolute Gasteiger partial charge is 0.456 e. The SMILES string of the molecule is Fc1ccc(F)c(CNc2ccc3oc4ccc(Cl)cc4c3c2)c1. The smallest absolute Gasteiger partial charge is 0.135 e. The molecule has 1 N–H and O–H groups in total. The van der Waals surface area contributed by atoms with E-state index in [9.17, 15) is 8.78 Å². The Kier molecular flexibility index (Phi) is 3.62. The second-order valence-electron chi connectivity index (χ2n) is 5.54. The van der Waals surface area contributed by atoms with E-state index < -0.39 is 11.6 Å². The van der Waals surface area contributed by atoms with E-state index in [1.807, 2.05) is 30.3 Å². The zero-order valence-corrected chi connectivity index (χ0v) is 13.2. The van der Waals surface area contributed by atoms with Crippen LogP contribution in [0.4, 0.5) is 14.5 Å². The van der Waals surface area contributed by atoms with E-state index in [0.717, 1.165) is 39.8 Å². The van der Waals surface area contributed by atoms with Crippen molar-refractivity contribution in [3.63, 3.8) is 0 Å². The van der Waals surface area contributed by atoms with Crippen LogP contribution in [0.3, 0.4) is 0 Å². The molecule has 0 amide bonds. The molecular weight excluding hydrogens is 332 g/mol. The van der Waals surface area contributed by atoms with Crippen molar-refractivity contribution >= 4 is 39.2 Å². The van der Waals surface area contributed by atoms with Gasteiger partial charge in [0.2, 0.25) is 0 Å². The summed E-state index contributed by atoms with van der Waals surface area (Å²) >= 11 is 6.05. The van der Waals surface area contributed by atoms with Gasteiger partial charge in [-0.25, -0.2) is 8.78 Å². The van der Waals surface area contributed by atoms with Crippen molar-refractivity contribution in [2.24, 2.45) is 0 Å². The third-order valence-electron chi connectivity index (χ3n) is 3.92. The van der Waals surface area contributed by atoms with Crippen LogP contribution in [0.5, 0.6) is 0 Å². The van der Waals surface area contributed by atoms with Gasteiger partial charge in [-0.3, -0.25) is 0 Å². The fraction of sp³-hybridized carbons (Fsp3) is 0.0526. The van der Waals surface area contributed by atoms with E-state index in [-0.39, 0.29) is 12.1 Å². The summed E-state index contributed by atoms with van der Waals surface area (Å²) in [6, 6.07) is 14.5. The summed E-state index contributed by atoms with van der Waals surface area (Å²) < 4.78 is 32.7. The Morgan fingerprint density at radius 2 is 1.62 bits per heavy atom. The van der Waals surface area contributed by atoms with Crippen LogP contribution in [0, 0.1) is 11.6 Å². The van der Waals surface area contributed by atoms with E-state index in [2.05, 4.69) is 5.32 Å². The molecule has 5 heteroatoms. The molecule has 0 aliphatic carbocycles. The number of rotatable bonds is 3. The molecule has 2 nitrogen and oxygen atoms in total. The van der Waals surface area contributed by atoms with Gasteiger partial charge in [0, 0.05) is 33.6 Å². The minimum Gasteiger partial charge on any atom is -0.456 e. The Labute approximate surface area is 141 Å².